The first-order chi connectivity index (χ1) is 6.16. The van der Waals surface area contributed by atoms with E-state index < -0.39 is 5.41 Å². The smallest absolute Gasteiger partial charge is 0.326 e. The Labute approximate surface area is 79.7 Å². The fourth-order valence-corrected chi connectivity index (χ4v) is 1.30. The lowest BCUT2D eigenvalue weighted by Gasteiger charge is -2.21. The fraction of sp³-hybridized carbons (Fsp3) is 0.800. The highest BCUT2D eigenvalue weighted by molar-refractivity contribution is 5.79. The van der Waals surface area contributed by atoms with Gasteiger partial charge in [0.05, 0.1) is 12.7 Å². The van der Waals surface area contributed by atoms with E-state index in [9.17, 15) is 4.79 Å². The molecule has 0 saturated carbocycles. The van der Waals surface area contributed by atoms with Gasteiger partial charge < -0.3 is 4.74 Å². The van der Waals surface area contributed by atoms with E-state index in [0.717, 1.165) is 6.42 Å². The van der Waals surface area contributed by atoms with Gasteiger partial charge >= 0.3 is 5.97 Å². The first kappa shape index (κ1) is 12.0. The summed E-state index contributed by atoms with van der Waals surface area (Å²) in [5.41, 5.74) is -0.912. The number of ether oxygens (including phenoxy) is 1. The molecule has 0 N–H and O–H groups in total. The number of carbonyl (C=O) groups excluding carboxylic acids is 1. The van der Waals surface area contributed by atoms with Gasteiger partial charge in [-0.2, -0.15) is 5.26 Å². The lowest BCUT2D eigenvalue weighted by molar-refractivity contribution is -0.152. The van der Waals surface area contributed by atoms with Crippen molar-refractivity contribution in [2.24, 2.45) is 5.41 Å². The summed E-state index contributed by atoms with van der Waals surface area (Å²) in [6.45, 7) is 5.89. The van der Waals surface area contributed by atoms with E-state index in [-0.39, 0.29) is 5.97 Å². The second-order valence-electron chi connectivity index (χ2n) is 3.02. The van der Waals surface area contributed by atoms with Crippen LogP contribution in [0.4, 0.5) is 0 Å². The van der Waals surface area contributed by atoms with Gasteiger partial charge in [-0.1, -0.05) is 20.3 Å². The Balaban J connectivity index is 4.56. The molecule has 1 unspecified atom stereocenters. The summed E-state index contributed by atoms with van der Waals surface area (Å²) < 4.78 is 4.88. The molecule has 0 heterocycles. The number of hydrogen-bond acceptors (Lipinski definition) is 3. The number of hydrogen-bond donors (Lipinski definition) is 0. The summed E-state index contributed by atoms with van der Waals surface area (Å²) in [5.74, 6) is -0.373. The Morgan fingerprint density at radius 1 is 1.46 bits per heavy atom. The van der Waals surface area contributed by atoms with Crippen molar-refractivity contribution in [3.05, 3.63) is 0 Å². The number of carbonyl (C=O) groups is 1. The molecule has 0 aliphatic rings. The summed E-state index contributed by atoms with van der Waals surface area (Å²) in [6, 6.07) is 2.08. The molecule has 0 saturated heterocycles. The molecule has 0 radical (unpaired) electrons. The summed E-state index contributed by atoms with van der Waals surface area (Å²) in [4.78, 5) is 11.5. The van der Waals surface area contributed by atoms with Crippen LogP contribution in [-0.4, -0.2) is 12.6 Å². The van der Waals surface area contributed by atoms with Crippen molar-refractivity contribution in [2.45, 2.75) is 40.0 Å². The van der Waals surface area contributed by atoms with E-state index in [1.807, 2.05) is 13.8 Å². The monoisotopic (exact) mass is 183 g/mol. The molecule has 74 valence electrons. The molecular formula is C10H17NO2. The molecule has 0 aromatic rings. The first-order valence-electron chi connectivity index (χ1n) is 4.75. The SMILES string of the molecule is CCCC(C#N)(CC)C(=O)OCC. The molecule has 13 heavy (non-hydrogen) atoms. The zero-order valence-electron chi connectivity index (χ0n) is 8.59. The van der Waals surface area contributed by atoms with E-state index >= 15 is 0 Å². The van der Waals surface area contributed by atoms with Crippen molar-refractivity contribution in [1.29, 1.82) is 5.26 Å². The highest BCUT2D eigenvalue weighted by atomic mass is 16.5. The van der Waals surface area contributed by atoms with Crippen LogP contribution in [-0.2, 0) is 9.53 Å². The molecule has 0 aromatic carbocycles. The first-order valence-corrected chi connectivity index (χ1v) is 4.75. The number of nitrogens with zero attached hydrogens (tertiary/aromatic N) is 1. The fourth-order valence-electron chi connectivity index (χ4n) is 1.30. The molecule has 0 bridgehead atoms. The molecule has 3 nitrogen and oxygen atoms in total. The molecule has 0 aromatic heterocycles. The average molecular weight is 183 g/mol. The van der Waals surface area contributed by atoms with E-state index in [1.54, 1.807) is 6.92 Å². The number of esters is 1. The predicted molar refractivity (Wildman–Crippen MR) is 49.9 cm³/mol. The topological polar surface area (TPSA) is 50.1 Å². The van der Waals surface area contributed by atoms with Crippen LogP contribution >= 0.6 is 0 Å². The van der Waals surface area contributed by atoms with Gasteiger partial charge in [0, 0.05) is 0 Å². The van der Waals surface area contributed by atoms with Crippen LogP contribution in [0.15, 0.2) is 0 Å². The summed E-state index contributed by atoms with van der Waals surface area (Å²) in [6.07, 6.45) is 1.93. The molecule has 0 amide bonds. The zero-order chi connectivity index (χ0) is 10.3. The molecule has 0 aliphatic carbocycles. The maximum Gasteiger partial charge on any atom is 0.326 e. The summed E-state index contributed by atoms with van der Waals surface area (Å²) in [5, 5.41) is 8.95. The Kier molecular flexibility index (Phi) is 5.13. The van der Waals surface area contributed by atoms with Gasteiger partial charge in [0.15, 0.2) is 5.41 Å². The Hall–Kier alpha value is -1.04. The van der Waals surface area contributed by atoms with Crippen LogP contribution in [0.3, 0.4) is 0 Å². The van der Waals surface area contributed by atoms with Crippen molar-refractivity contribution in [3.63, 3.8) is 0 Å². The van der Waals surface area contributed by atoms with Crippen molar-refractivity contribution in [1.82, 2.24) is 0 Å². The molecule has 0 rings (SSSR count). The lowest BCUT2D eigenvalue weighted by atomic mass is 9.82. The van der Waals surface area contributed by atoms with E-state index in [4.69, 9.17) is 10.00 Å². The van der Waals surface area contributed by atoms with Crippen LogP contribution in [0.1, 0.15) is 40.0 Å². The third kappa shape index (κ3) is 2.73. The highest BCUT2D eigenvalue weighted by Crippen LogP contribution is 2.28. The molecule has 0 spiro atoms. The van der Waals surface area contributed by atoms with Crippen LogP contribution < -0.4 is 0 Å². The van der Waals surface area contributed by atoms with Gasteiger partial charge in [0.25, 0.3) is 0 Å². The van der Waals surface area contributed by atoms with Gasteiger partial charge in [-0.05, 0) is 19.8 Å². The quantitative estimate of drug-likeness (QED) is 0.614. The second-order valence-corrected chi connectivity index (χ2v) is 3.02. The van der Waals surface area contributed by atoms with Crippen LogP contribution in [0, 0.1) is 16.7 Å². The highest BCUT2D eigenvalue weighted by Gasteiger charge is 2.37. The normalized spacial score (nSPS) is 14.3. The lowest BCUT2D eigenvalue weighted by Crippen LogP contribution is -2.30. The average Bonchev–Trinajstić information content (AvgIpc) is 2.14. The molecular weight excluding hydrogens is 166 g/mol. The number of rotatable bonds is 5. The standard InChI is InChI=1S/C10H17NO2/c1-4-7-10(5-2,8-11)9(12)13-6-3/h4-7H2,1-3H3. The van der Waals surface area contributed by atoms with Crippen molar-refractivity contribution in [3.8, 4) is 6.07 Å². The van der Waals surface area contributed by atoms with Gasteiger partial charge in [-0.15, -0.1) is 0 Å². The number of nitriles is 1. The molecule has 0 fully saturated rings. The van der Waals surface area contributed by atoms with E-state index in [1.165, 1.54) is 0 Å². The van der Waals surface area contributed by atoms with Gasteiger partial charge in [-0.25, -0.2) is 0 Å². The van der Waals surface area contributed by atoms with Crippen molar-refractivity contribution < 1.29 is 9.53 Å². The maximum absolute atomic E-state index is 11.5. The minimum Gasteiger partial charge on any atom is -0.465 e. The molecule has 3 heteroatoms. The summed E-state index contributed by atoms with van der Waals surface area (Å²) in [7, 11) is 0. The molecule has 0 aliphatic heterocycles. The predicted octanol–water partition coefficient (Wildman–Crippen LogP) is 2.27. The minimum atomic E-state index is -0.912. The Bertz CT molecular complexity index is 207. The van der Waals surface area contributed by atoms with Gasteiger partial charge in [0.1, 0.15) is 0 Å². The Morgan fingerprint density at radius 2 is 2.08 bits per heavy atom. The van der Waals surface area contributed by atoms with Crippen molar-refractivity contribution >= 4 is 5.97 Å². The largest absolute Gasteiger partial charge is 0.465 e. The van der Waals surface area contributed by atoms with E-state index in [2.05, 4.69) is 6.07 Å². The van der Waals surface area contributed by atoms with Crippen LogP contribution in [0.2, 0.25) is 0 Å². The van der Waals surface area contributed by atoms with E-state index in [0.29, 0.717) is 19.4 Å². The Morgan fingerprint density at radius 3 is 2.38 bits per heavy atom. The van der Waals surface area contributed by atoms with Gasteiger partial charge in [0.2, 0.25) is 0 Å². The van der Waals surface area contributed by atoms with Crippen LogP contribution in [0.25, 0.3) is 0 Å². The van der Waals surface area contributed by atoms with Gasteiger partial charge in [-0.3, -0.25) is 4.79 Å². The zero-order valence-corrected chi connectivity index (χ0v) is 8.59. The van der Waals surface area contributed by atoms with Crippen molar-refractivity contribution in [2.75, 3.05) is 6.61 Å². The second kappa shape index (κ2) is 5.58. The minimum absolute atomic E-state index is 0.339. The maximum atomic E-state index is 11.5. The third-order valence-corrected chi connectivity index (χ3v) is 2.16. The summed E-state index contributed by atoms with van der Waals surface area (Å²) >= 11 is 0. The third-order valence-electron chi connectivity index (χ3n) is 2.16. The van der Waals surface area contributed by atoms with Crippen LogP contribution in [0.5, 0.6) is 0 Å². The molecule has 1 atom stereocenters.